The quantitative estimate of drug-likeness (QED) is 0.0779. The van der Waals surface area contributed by atoms with Crippen molar-refractivity contribution in [2.75, 3.05) is 39.6 Å². The van der Waals surface area contributed by atoms with Crippen molar-refractivity contribution in [1.29, 1.82) is 0 Å². The van der Waals surface area contributed by atoms with Crippen LogP contribution < -0.4 is 17.1 Å². The van der Waals surface area contributed by atoms with Crippen molar-refractivity contribution in [1.82, 2.24) is 15.0 Å². The summed E-state index contributed by atoms with van der Waals surface area (Å²) in [6.07, 6.45) is 4.11. The van der Waals surface area contributed by atoms with Gasteiger partial charge in [-0.1, -0.05) is 32.6 Å². The summed E-state index contributed by atoms with van der Waals surface area (Å²) in [6, 6.07) is 0. The molecule has 16 nitrogen and oxygen atoms in total. The first-order valence-corrected chi connectivity index (χ1v) is 13.1. The van der Waals surface area contributed by atoms with Gasteiger partial charge in [-0.25, -0.2) is 28.8 Å². The Bertz CT molecular complexity index is 1060. The zero-order chi connectivity index (χ0) is 33.4. The van der Waals surface area contributed by atoms with Gasteiger partial charge in [0, 0.05) is 29.9 Å². The minimum absolute atomic E-state index is 0.142. The molecule has 1 aromatic rings. The second-order valence-corrected chi connectivity index (χ2v) is 8.98. The van der Waals surface area contributed by atoms with Gasteiger partial charge in [0.15, 0.2) is 0 Å². The minimum atomic E-state index is -0.935. The Morgan fingerprint density at radius 1 is 0.698 bits per heavy atom. The number of carbonyl (C=O) groups excluding carboxylic acids is 2. The van der Waals surface area contributed by atoms with Crippen molar-refractivity contribution >= 4 is 17.9 Å². The highest BCUT2D eigenvalue weighted by molar-refractivity contribution is 5.87. The topological polar surface area (TPSA) is 254 Å². The molecule has 2 saturated heterocycles. The summed E-state index contributed by atoms with van der Waals surface area (Å²) in [7, 11) is 0. The number of unbranched alkanes of at least 4 members (excludes halogenated alkanes) is 3. The first-order valence-electron chi connectivity index (χ1n) is 13.1. The fourth-order valence-corrected chi connectivity index (χ4v) is 1.89. The number of aliphatic hydroxyl groups is 2. The van der Waals surface area contributed by atoms with Crippen LogP contribution in [0.1, 0.15) is 46.5 Å². The summed E-state index contributed by atoms with van der Waals surface area (Å²) in [4.78, 5) is 66.9. The summed E-state index contributed by atoms with van der Waals surface area (Å²) < 4.78 is 19.2. The average molecular weight is 618 g/mol. The molecule has 43 heavy (non-hydrogen) atoms. The number of nitrogens with one attached hydrogen (secondary N) is 3. The van der Waals surface area contributed by atoms with Crippen molar-refractivity contribution in [2.45, 2.75) is 58.7 Å². The van der Waals surface area contributed by atoms with Gasteiger partial charge >= 0.3 is 35.0 Å². The van der Waals surface area contributed by atoms with Gasteiger partial charge in [0.2, 0.25) is 0 Å². The highest BCUT2D eigenvalue weighted by atomic mass is 16.6. The number of hydrogen-bond acceptors (Lipinski definition) is 12. The summed E-state index contributed by atoms with van der Waals surface area (Å²) in [6.45, 7) is 17.4. The molecule has 16 heteroatoms. The highest BCUT2D eigenvalue weighted by Gasteiger charge is 2.24. The lowest BCUT2D eigenvalue weighted by Gasteiger charge is -1.99. The molecule has 2 unspecified atom stereocenters. The molecular formula is C27H43N3O13. The van der Waals surface area contributed by atoms with E-state index in [1.165, 1.54) is 6.92 Å². The van der Waals surface area contributed by atoms with Gasteiger partial charge in [0.25, 0.3) is 0 Å². The van der Waals surface area contributed by atoms with E-state index in [2.05, 4.69) is 19.7 Å². The molecule has 0 amide bonds. The van der Waals surface area contributed by atoms with Crippen LogP contribution in [0.25, 0.3) is 0 Å². The lowest BCUT2D eigenvalue weighted by Crippen LogP contribution is -2.34. The third kappa shape index (κ3) is 29.2. The second-order valence-electron chi connectivity index (χ2n) is 8.98. The summed E-state index contributed by atoms with van der Waals surface area (Å²) in [5, 5.41) is 24.5. The fourth-order valence-electron chi connectivity index (χ4n) is 1.89. The number of carbonyl (C=O) groups is 3. The van der Waals surface area contributed by atoms with E-state index in [-0.39, 0.29) is 42.9 Å². The predicted molar refractivity (Wildman–Crippen MR) is 154 cm³/mol. The zero-order valence-corrected chi connectivity index (χ0v) is 24.8. The van der Waals surface area contributed by atoms with Crippen LogP contribution in [0, 0.1) is 0 Å². The molecule has 0 aliphatic carbocycles. The molecule has 2 fully saturated rings. The predicted octanol–water partition coefficient (Wildman–Crippen LogP) is -0.0610. The molecule has 2 aliphatic heterocycles. The highest BCUT2D eigenvalue weighted by Crippen LogP contribution is 2.10. The molecule has 3 rings (SSSR count). The van der Waals surface area contributed by atoms with Crippen LogP contribution >= 0.6 is 0 Å². The van der Waals surface area contributed by atoms with Crippen LogP contribution in [0.2, 0.25) is 0 Å². The second kappa shape index (κ2) is 24.5. The van der Waals surface area contributed by atoms with E-state index in [4.69, 9.17) is 34.3 Å². The Kier molecular flexibility index (Phi) is 23.3. The first kappa shape index (κ1) is 41.0. The molecule has 1 aromatic heterocycles. The lowest BCUT2D eigenvalue weighted by molar-refractivity contribution is -0.140. The molecular weight excluding hydrogens is 574 g/mol. The standard InChI is InChI=1S/2C7H10O3.C6H14O2.C4H6O2.C3H3N3O3/c2*1-5(2)7(8)10-4-6-3-9-6;7-5-3-1-2-4-6-8;1-3(2)4(5)6;7-1-4-2(8)6-3(9)5-1/h2*6H,1,3-4H2,2H3;7-8H,1-6H2;1H2,2H3,(H,5,6);(H3,4,5,6,7,8,9). The number of aliphatic hydroxyl groups excluding tert-OH is 2. The number of carboxylic acid groups (broad SMARTS) is 1. The number of hydrogen-bond donors (Lipinski definition) is 6. The van der Waals surface area contributed by atoms with Gasteiger partial charge in [0.05, 0.1) is 13.2 Å². The third-order valence-corrected chi connectivity index (χ3v) is 4.41. The number of aliphatic carboxylic acids is 1. The van der Waals surface area contributed by atoms with Crippen molar-refractivity contribution in [2.24, 2.45) is 0 Å². The van der Waals surface area contributed by atoms with E-state index in [1.54, 1.807) is 28.8 Å². The molecule has 0 aromatic carbocycles. The molecule has 0 radical (unpaired) electrons. The Labute approximate surface area is 248 Å². The van der Waals surface area contributed by atoms with Gasteiger partial charge in [-0.2, -0.15) is 0 Å². The van der Waals surface area contributed by atoms with E-state index < -0.39 is 23.0 Å². The number of ether oxygens (including phenoxy) is 4. The molecule has 244 valence electrons. The number of H-pyrrole nitrogens is 3. The van der Waals surface area contributed by atoms with Crippen LogP contribution in [0.15, 0.2) is 50.8 Å². The maximum Gasteiger partial charge on any atom is 0.333 e. The maximum atomic E-state index is 10.7. The summed E-state index contributed by atoms with van der Waals surface area (Å²) in [5.41, 5.74) is -1.37. The van der Waals surface area contributed by atoms with Gasteiger partial charge < -0.3 is 34.3 Å². The van der Waals surface area contributed by atoms with E-state index in [0.717, 1.165) is 25.7 Å². The monoisotopic (exact) mass is 617 g/mol. The number of aromatic amines is 3. The molecule has 2 aliphatic rings. The van der Waals surface area contributed by atoms with Crippen LogP contribution in [0.5, 0.6) is 0 Å². The van der Waals surface area contributed by atoms with Crippen molar-refractivity contribution in [3.63, 3.8) is 0 Å². The van der Waals surface area contributed by atoms with Crippen molar-refractivity contribution in [3.05, 3.63) is 67.9 Å². The van der Waals surface area contributed by atoms with Gasteiger partial charge in [-0.05, 0) is 33.6 Å². The molecule has 3 heterocycles. The zero-order valence-electron chi connectivity index (χ0n) is 24.8. The van der Waals surface area contributed by atoms with Gasteiger partial charge in [0.1, 0.15) is 25.4 Å². The average Bonchev–Trinajstić information content (AvgIpc) is 3.84. The number of esters is 2. The third-order valence-electron chi connectivity index (χ3n) is 4.41. The van der Waals surface area contributed by atoms with Crippen molar-refractivity contribution < 1.29 is 48.7 Å². The Balaban J connectivity index is 0. The van der Waals surface area contributed by atoms with Crippen LogP contribution in [0.4, 0.5) is 0 Å². The van der Waals surface area contributed by atoms with Gasteiger partial charge in [-0.15, -0.1) is 0 Å². The number of carboxylic acids is 1. The summed E-state index contributed by atoms with van der Waals surface area (Å²) >= 11 is 0. The number of rotatable bonds is 12. The maximum absolute atomic E-state index is 10.7. The molecule has 0 bridgehead atoms. The molecule has 2 atom stereocenters. The molecule has 6 N–H and O–H groups in total. The van der Waals surface area contributed by atoms with E-state index in [9.17, 15) is 28.8 Å². The smallest absolute Gasteiger partial charge is 0.333 e. The van der Waals surface area contributed by atoms with E-state index in [1.807, 2.05) is 0 Å². The minimum Gasteiger partial charge on any atom is -0.478 e. The van der Waals surface area contributed by atoms with Crippen LogP contribution in [0.3, 0.4) is 0 Å². The van der Waals surface area contributed by atoms with Crippen molar-refractivity contribution in [3.8, 4) is 0 Å². The number of epoxide rings is 2. The van der Waals surface area contributed by atoms with Crippen LogP contribution in [-0.2, 0) is 33.3 Å². The van der Waals surface area contributed by atoms with E-state index >= 15 is 0 Å². The SMILES string of the molecule is C=C(C)C(=O)O.C=C(C)C(=O)OCC1CO1.C=C(C)C(=O)OCC1CO1.O=c1[nH]c(=O)[nH]c(=O)[nH]1.OCCCCCCO. The molecule has 0 saturated carbocycles. The fraction of sp³-hybridized carbons (Fsp3) is 0.556. The van der Waals surface area contributed by atoms with Gasteiger partial charge in [-0.3, -0.25) is 15.0 Å². The largest absolute Gasteiger partial charge is 0.478 e. The first-order chi connectivity index (χ1) is 20.1. The number of aromatic nitrogens is 3. The Morgan fingerprint density at radius 3 is 1.16 bits per heavy atom. The summed E-state index contributed by atoms with van der Waals surface area (Å²) in [5.74, 6) is -1.61. The lowest BCUT2D eigenvalue weighted by atomic mass is 10.2. The normalized spacial score (nSPS) is 15.0. The van der Waals surface area contributed by atoms with E-state index in [0.29, 0.717) is 37.6 Å². The molecule has 0 spiro atoms. The van der Waals surface area contributed by atoms with Crippen LogP contribution in [-0.4, -0.2) is 100 Å². The Morgan fingerprint density at radius 2 is 0.977 bits per heavy atom. The Hall–Kier alpha value is -4.12.